The van der Waals surface area contributed by atoms with Crippen molar-refractivity contribution < 1.29 is 4.74 Å². The summed E-state index contributed by atoms with van der Waals surface area (Å²) in [5, 5.41) is 13.3. The number of rotatable bonds is 6. The molecule has 7 rings (SSSR count). The summed E-state index contributed by atoms with van der Waals surface area (Å²) in [7, 11) is 2.19. The SMILES string of the molecule is CN1CCC[C@H]1COc1nc2c(c(N3C[C@H]4CC[C@@H](C3)N4)n1)CCN(c1cccc3c1C(CC#N)CCC3)C2. The zero-order valence-corrected chi connectivity index (χ0v) is 23.2. The highest BCUT2D eigenvalue weighted by molar-refractivity contribution is 5.62. The molecule has 0 spiro atoms. The number of piperazine rings is 1. The van der Waals surface area contributed by atoms with E-state index >= 15 is 0 Å². The Balaban J connectivity index is 1.21. The van der Waals surface area contributed by atoms with Crippen LogP contribution in [0.2, 0.25) is 0 Å². The lowest BCUT2D eigenvalue weighted by atomic mass is 9.80. The second kappa shape index (κ2) is 10.6. The second-order valence-electron chi connectivity index (χ2n) is 12.4. The summed E-state index contributed by atoms with van der Waals surface area (Å²) in [4.78, 5) is 17.6. The third kappa shape index (κ3) is 4.85. The van der Waals surface area contributed by atoms with Crippen LogP contribution in [0.15, 0.2) is 18.2 Å². The fraction of sp³-hybridized carbons (Fsp3) is 0.645. The molecule has 1 aromatic carbocycles. The van der Waals surface area contributed by atoms with Gasteiger partial charge in [0.15, 0.2) is 0 Å². The highest BCUT2D eigenvalue weighted by Crippen LogP contribution is 2.42. The van der Waals surface area contributed by atoms with Gasteiger partial charge in [-0.3, -0.25) is 0 Å². The van der Waals surface area contributed by atoms with E-state index in [0.717, 1.165) is 63.5 Å². The van der Waals surface area contributed by atoms with Crippen LogP contribution >= 0.6 is 0 Å². The van der Waals surface area contributed by atoms with Gasteiger partial charge in [-0.25, -0.2) is 0 Å². The number of benzene rings is 1. The van der Waals surface area contributed by atoms with Crippen LogP contribution in [-0.4, -0.2) is 72.8 Å². The molecule has 1 aromatic heterocycles. The Kier molecular flexibility index (Phi) is 6.82. The number of hydrogen-bond donors (Lipinski definition) is 1. The molecule has 0 radical (unpaired) electrons. The van der Waals surface area contributed by atoms with Crippen LogP contribution in [0.4, 0.5) is 11.5 Å². The summed E-state index contributed by atoms with van der Waals surface area (Å²) < 4.78 is 6.35. The first-order valence-corrected chi connectivity index (χ1v) is 15.1. The fourth-order valence-electron chi connectivity index (χ4n) is 7.81. The third-order valence-corrected chi connectivity index (χ3v) is 9.87. The summed E-state index contributed by atoms with van der Waals surface area (Å²) in [5.74, 6) is 1.43. The first-order valence-electron chi connectivity index (χ1n) is 15.1. The smallest absolute Gasteiger partial charge is 0.318 e. The minimum Gasteiger partial charge on any atom is -0.462 e. The predicted molar refractivity (Wildman–Crippen MR) is 152 cm³/mol. The molecule has 3 fully saturated rings. The number of likely N-dealkylation sites (tertiary alicyclic amines) is 1. The van der Waals surface area contributed by atoms with Gasteiger partial charge in [0.1, 0.15) is 12.4 Å². The highest BCUT2D eigenvalue weighted by Gasteiger charge is 2.36. The van der Waals surface area contributed by atoms with E-state index in [1.54, 1.807) is 0 Å². The molecule has 0 saturated carbocycles. The molecule has 8 nitrogen and oxygen atoms in total. The number of likely N-dealkylation sites (N-methyl/N-ethyl adjacent to an activating group) is 1. The van der Waals surface area contributed by atoms with Crippen LogP contribution in [0.25, 0.3) is 0 Å². The molecule has 39 heavy (non-hydrogen) atoms. The van der Waals surface area contributed by atoms with Gasteiger partial charge in [-0.1, -0.05) is 12.1 Å². The van der Waals surface area contributed by atoms with E-state index in [2.05, 4.69) is 51.3 Å². The number of ether oxygens (including phenoxy) is 1. The van der Waals surface area contributed by atoms with Crippen molar-refractivity contribution in [2.24, 2.45) is 0 Å². The minimum absolute atomic E-state index is 0.330. The van der Waals surface area contributed by atoms with Crippen LogP contribution in [0.3, 0.4) is 0 Å². The molecular weight excluding hydrogens is 486 g/mol. The molecule has 1 N–H and O–H groups in total. The monoisotopic (exact) mass is 527 g/mol. The number of aromatic nitrogens is 2. The van der Waals surface area contributed by atoms with Crippen molar-refractivity contribution in [1.29, 1.82) is 5.26 Å². The molecule has 5 aliphatic rings. The molecule has 5 heterocycles. The van der Waals surface area contributed by atoms with Gasteiger partial charge in [-0.05, 0) is 88.1 Å². The lowest BCUT2D eigenvalue weighted by Crippen LogP contribution is -2.52. The van der Waals surface area contributed by atoms with Crippen molar-refractivity contribution in [2.45, 2.75) is 88.4 Å². The summed E-state index contributed by atoms with van der Waals surface area (Å²) in [6, 6.07) is 11.3. The maximum Gasteiger partial charge on any atom is 0.318 e. The predicted octanol–water partition coefficient (Wildman–Crippen LogP) is 3.79. The van der Waals surface area contributed by atoms with Gasteiger partial charge < -0.3 is 24.8 Å². The molecule has 0 amide bonds. The first-order chi connectivity index (χ1) is 19.2. The molecule has 4 aliphatic heterocycles. The van der Waals surface area contributed by atoms with Crippen LogP contribution in [0.5, 0.6) is 6.01 Å². The van der Waals surface area contributed by atoms with Crippen molar-refractivity contribution >= 4 is 11.5 Å². The molecule has 206 valence electrons. The summed E-state index contributed by atoms with van der Waals surface area (Å²) >= 11 is 0. The molecular formula is C31H41N7O. The van der Waals surface area contributed by atoms with E-state index in [4.69, 9.17) is 14.7 Å². The van der Waals surface area contributed by atoms with Gasteiger partial charge in [-0.2, -0.15) is 15.2 Å². The maximum absolute atomic E-state index is 9.54. The number of aryl methyl sites for hydroxylation is 1. The van der Waals surface area contributed by atoms with Crippen molar-refractivity contribution in [3.63, 3.8) is 0 Å². The highest BCUT2D eigenvalue weighted by atomic mass is 16.5. The molecule has 3 saturated heterocycles. The number of fused-ring (bicyclic) bond motifs is 4. The van der Waals surface area contributed by atoms with Gasteiger partial charge >= 0.3 is 6.01 Å². The molecule has 8 heteroatoms. The maximum atomic E-state index is 9.54. The quantitative estimate of drug-likeness (QED) is 0.608. The minimum atomic E-state index is 0.330. The van der Waals surface area contributed by atoms with Crippen LogP contribution < -0.4 is 19.9 Å². The lowest BCUT2D eigenvalue weighted by Gasteiger charge is -2.38. The second-order valence-corrected chi connectivity index (χ2v) is 12.4. The topological polar surface area (TPSA) is 80.6 Å². The largest absolute Gasteiger partial charge is 0.462 e. The van der Waals surface area contributed by atoms with E-state index < -0.39 is 0 Å². The van der Waals surface area contributed by atoms with Crippen LogP contribution in [-0.2, 0) is 19.4 Å². The van der Waals surface area contributed by atoms with E-state index in [-0.39, 0.29) is 0 Å². The van der Waals surface area contributed by atoms with Crippen molar-refractivity contribution in [3.05, 3.63) is 40.6 Å². The fourth-order valence-corrected chi connectivity index (χ4v) is 7.81. The average molecular weight is 528 g/mol. The van der Waals surface area contributed by atoms with Crippen molar-refractivity contribution in [2.75, 3.05) is 49.6 Å². The van der Waals surface area contributed by atoms with Crippen molar-refractivity contribution in [1.82, 2.24) is 20.2 Å². The van der Waals surface area contributed by atoms with Gasteiger partial charge in [0, 0.05) is 55.4 Å². The van der Waals surface area contributed by atoms with Crippen LogP contribution in [0.1, 0.15) is 73.2 Å². The number of anilines is 2. The summed E-state index contributed by atoms with van der Waals surface area (Å²) in [6.07, 6.45) is 9.83. The molecule has 4 atom stereocenters. The van der Waals surface area contributed by atoms with Crippen LogP contribution in [0, 0.1) is 11.3 Å². The number of nitriles is 1. The Morgan fingerprint density at radius 2 is 1.90 bits per heavy atom. The molecule has 1 aliphatic carbocycles. The van der Waals surface area contributed by atoms with E-state index in [0.29, 0.717) is 43.1 Å². The van der Waals surface area contributed by atoms with Crippen molar-refractivity contribution in [3.8, 4) is 12.1 Å². The Morgan fingerprint density at radius 1 is 1.03 bits per heavy atom. The van der Waals surface area contributed by atoms with Gasteiger partial charge in [-0.15, -0.1) is 0 Å². The van der Waals surface area contributed by atoms with Gasteiger partial charge in [0.25, 0.3) is 0 Å². The Morgan fingerprint density at radius 3 is 2.69 bits per heavy atom. The first kappa shape index (κ1) is 25.1. The number of hydrogen-bond acceptors (Lipinski definition) is 8. The van der Waals surface area contributed by atoms with Gasteiger partial charge in [0.05, 0.1) is 18.3 Å². The molecule has 1 unspecified atom stereocenters. The number of nitrogens with one attached hydrogen (secondary N) is 1. The summed E-state index contributed by atoms with van der Waals surface area (Å²) in [6.45, 7) is 5.52. The Bertz CT molecular complexity index is 1250. The molecule has 2 aromatic rings. The third-order valence-electron chi connectivity index (χ3n) is 9.87. The summed E-state index contributed by atoms with van der Waals surface area (Å²) in [5.41, 5.74) is 6.54. The molecule has 2 bridgehead atoms. The van der Waals surface area contributed by atoms with E-state index in [1.165, 1.54) is 54.5 Å². The zero-order chi connectivity index (χ0) is 26.3. The standard InChI is InChI=1S/C31H41N7O/c1-36-15-4-8-25(36)20-39-31-34-27-19-37(28-9-3-7-21-5-2-6-22(12-14-32)29(21)28)16-13-26(27)30(35-31)38-17-23-10-11-24(18-38)33-23/h3,7,9,22-25,33H,2,4-6,8,10-13,15-20H2,1H3/t22?,23-,24+,25-/m0/s1. The Labute approximate surface area is 232 Å². The van der Waals surface area contributed by atoms with Gasteiger partial charge in [0.2, 0.25) is 0 Å². The zero-order valence-electron chi connectivity index (χ0n) is 23.2. The van der Waals surface area contributed by atoms with E-state index in [1.807, 2.05) is 0 Å². The average Bonchev–Trinajstić information content (AvgIpc) is 3.53. The lowest BCUT2D eigenvalue weighted by molar-refractivity contribution is 0.187. The Hall–Kier alpha value is -2.89. The number of nitrogens with zero attached hydrogens (tertiary/aromatic N) is 6. The van der Waals surface area contributed by atoms with E-state index in [9.17, 15) is 5.26 Å². The normalized spacial score (nSPS) is 28.2.